The third-order valence-electron chi connectivity index (χ3n) is 8.19. The van der Waals surface area contributed by atoms with Crippen molar-refractivity contribution < 1.29 is 78.9 Å². The number of hydrogen-bond acceptors (Lipinski definition) is 18. The lowest BCUT2D eigenvalue weighted by molar-refractivity contribution is -0.364. The van der Waals surface area contributed by atoms with Crippen LogP contribution in [0.5, 0.6) is 0 Å². The molecule has 16 atom stereocenters. The number of hydrogen-bond donors (Lipinski definition) is 11. The van der Waals surface area contributed by atoms with E-state index in [4.69, 9.17) is 45.6 Å². The minimum absolute atomic E-state index is 0.0115. The second-order valence-electron chi connectivity index (χ2n) is 11.1. The molecule has 3 rings (SSSR count). The number of aliphatic hydroxyl groups excluding tert-OH is 7. The Bertz CT molecular complexity index is 1020. The maximum Gasteiger partial charge on any atom is 0.333 e. The van der Waals surface area contributed by atoms with Crippen LogP contribution in [0.1, 0.15) is 13.8 Å². The molecular weight excluding hydrogens is 598 g/mol. The highest BCUT2D eigenvalue weighted by Gasteiger charge is 2.59. The SMILES string of the molecule is C=C(C)C(=O)O[C@H]1C(O[C@@H]2O[C@H](CO)C(O[C@H]3O[C@@](CO)(C(C)C(=O)O)[C@@H](O)[C@H](O)[C@H]3N)[C@H](O)[C@H]2N)[C@@H](CO)O[C@@H](O)[C@@H]1N. The van der Waals surface area contributed by atoms with E-state index in [9.17, 15) is 50.4 Å². The van der Waals surface area contributed by atoms with E-state index >= 15 is 0 Å². The van der Waals surface area contributed by atoms with Gasteiger partial charge in [0.05, 0.1) is 43.9 Å². The van der Waals surface area contributed by atoms with Gasteiger partial charge in [-0.05, 0) is 13.8 Å². The molecule has 254 valence electrons. The summed E-state index contributed by atoms with van der Waals surface area (Å²) in [4.78, 5) is 24.0. The van der Waals surface area contributed by atoms with Gasteiger partial charge in [0.25, 0.3) is 0 Å². The molecule has 19 nitrogen and oxygen atoms in total. The quantitative estimate of drug-likeness (QED) is 0.0737. The van der Waals surface area contributed by atoms with E-state index in [0.717, 1.165) is 6.92 Å². The normalized spacial score (nSPS) is 45.4. The maximum atomic E-state index is 12.3. The van der Waals surface area contributed by atoms with Crippen molar-refractivity contribution in [3.05, 3.63) is 12.2 Å². The molecule has 3 aliphatic heterocycles. The van der Waals surface area contributed by atoms with Crippen LogP contribution in [0.25, 0.3) is 0 Å². The molecule has 0 saturated carbocycles. The van der Waals surface area contributed by atoms with Gasteiger partial charge in [0.15, 0.2) is 25.0 Å². The third kappa shape index (κ3) is 6.92. The minimum atomic E-state index is -2.28. The number of carbonyl (C=O) groups is 2. The first kappa shape index (κ1) is 36.5. The highest BCUT2D eigenvalue weighted by atomic mass is 16.7. The maximum absolute atomic E-state index is 12.3. The van der Waals surface area contributed by atoms with Gasteiger partial charge in [0.1, 0.15) is 48.3 Å². The zero-order valence-corrected chi connectivity index (χ0v) is 24.1. The molecule has 0 aliphatic carbocycles. The van der Waals surface area contributed by atoms with Crippen LogP contribution in [0.3, 0.4) is 0 Å². The lowest BCUT2D eigenvalue weighted by Crippen LogP contribution is -2.73. The van der Waals surface area contributed by atoms with E-state index in [1.54, 1.807) is 0 Å². The fourth-order valence-electron chi connectivity index (χ4n) is 5.29. The number of nitrogens with two attached hydrogens (primary N) is 3. The van der Waals surface area contributed by atoms with Crippen molar-refractivity contribution in [2.24, 2.45) is 23.1 Å². The first-order valence-electron chi connectivity index (χ1n) is 13.8. The summed E-state index contributed by atoms with van der Waals surface area (Å²) < 4.78 is 33.7. The molecule has 3 fully saturated rings. The lowest BCUT2D eigenvalue weighted by atomic mass is 9.78. The number of esters is 1. The Morgan fingerprint density at radius 2 is 1.41 bits per heavy atom. The number of carbonyl (C=O) groups excluding carboxylic acids is 1. The highest BCUT2D eigenvalue weighted by molar-refractivity contribution is 5.87. The van der Waals surface area contributed by atoms with E-state index in [1.165, 1.54) is 6.92 Å². The third-order valence-corrected chi connectivity index (χ3v) is 8.19. The second kappa shape index (κ2) is 14.7. The van der Waals surface area contributed by atoms with Crippen LogP contribution in [0, 0.1) is 5.92 Å². The average molecular weight is 642 g/mol. The van der Waals surface area contributed by atoms with Crippen LogP contribution in [0.4, 0.5) is 0 Å². The van der Waals surface area contributed by atoms with Crippen molar-refractivity contribution in [1.82, 2.24) is 0 Å². The van der Waals surface area contributed by atoms with Crippen LogP contribution in [-0.4, -0.2) is 164 Å². The van der Waals surface area contributed by atoms with Crippen LogP contribution in [0.2, 0.25) is 0 Å². The molecule has 3 aliphatic rings. The van der Waals surface area contributed by atoms with Gasteiger partial charge in [-0.15, -0.1) is 0 Å². The van der Waals surface area contributed by atoms with Crippen LogP contribution >= 0.6 is 0 Å². The van der Waals surface area contributed by atoms with Crippen molar-refractivity contribution in [2.75, 3.05) is 19.8 Å². The topological polar surface area (TPSA) is 329 Å². The van der Waals surface area contributed by atoms with Gasteiger partial charge in [-0.3, -0.25) is 4.79 Å². The fraction of sp³-hybridized carbons (Fsp3) is 0.840. The number of carboxylic acids is 1. The van der Waals surface area contributed by atoms with Crippen LogP contribution in [0.15, 0.2) is 12.2 Å². The van der Waals surface area contributed by atoms with Crippen molar-refractivity contribution >= 4 is 11.9 Å². The summed E-state index contributed by atoms with van der Waals surface area (Å²) in [6.45, 7) is 3.30. The number of rotatable bonds is 11. The molecule has 14 N–H and O–H groups in total. The molecule has 44 heavy (non-hydrogen) atoms. The van der Waals surface area contributed by atoms with Crippen LogP contribution < -0.4 is 17.2 Å². The summed E-state index contributed by atoms with van der Waals surface area (Å²) in [6, 6.07) is -4.41. The average Bonchev–Trinajstić information content (AvgIpc) is 2.99. The first-order chi connectivity index (χ1) is 20.6. The van der Waals surface area contributed by atoms with Gasteiger partial charge in [-0.25, -0.2) is 4.79 Å². The predicted octanol–water partition coefficient (Wildman–Crippen LogP) is -6.46. The Labute approximate surface area is 251 Å². The smallest absolute Gasteiger partial charge is 0.333 e. The summed E-state index contributed by atoms with van der Waals surface area (Å²) >= 11 is 0. The van der Waals surface area contributed by atoms with Gasteiger partial charge >= 0.3 is 11.9 Å². The summed E-state index contributed by atoms with van der Waals surface area (Å²) in [5.74, 6) is -3.96. The Kier molecular flexibility index (Phi) is 12.2. The molecule has 0 spiro atoms. The largest absolute Gasteiger partial charge is 0.481 e. The zero-order chi connectivity index (χ0) is 33.3. The number of ether oxygens (including phenoxy) is 6. The molecule has 0 aromatic carbocycles. The van der Waals surface area contributed by atoms with Gasteiger partial charge in [0, 0.05) is 5.57 Å². The summed E-state index contributed by atoms with van der Waals surface area (Å²) in [7, 11) is 0. The van der Waals surface area contributed by atoms with E-state index in [1.807, 2.05) is 0 Å². The van der Waals surface area contributed by atoms with Crippen molar-refractivity contribution in [1.29, 1.82) is 0 Å². The van der Waals surface area contributed by atoms with Crippen molar-refractivity contribution in [3.63, 3.8) is 0 Å². The van der Waals surface area contributed by atoms with Gasteiger partial charge < -0.3 is 86.5 Å². The summed E-state index contributed by atoms with van der Waals surface area (Å²) in [5, 5.41) is 82.1. The Morgan fingerprint density at radius 1 is 0.864 bits per heavy atom. The molecular formula is C25H43N3O16. The molecule has 0 aromatic rings. The molecule has 3 heterocycles. The monoisotopic (exact) mass is 641 g/mol. The lowest BCUT2D eigenvalue weighted by Gasteiger charge is -2.52. The number of aliphatic hydroxyl groups is 7. The number of aliphatic carboxylic acids is 1. The highest BCUT2D eigenvalue weighted by Crippen LogP contribution is 2.38. The van der Waals surface area contributed by atoms with E-state index in [2.05, 4.69) is 6.58 Å². The Hall–Kier alpha value is -1.92. The molecule has 0 amide bonds. The van der Waals surface area contributed by atoms with E-state index in [0.29, 0.717) is 0 Å². The molecule has 0 aromatic heterocycles. The minimum Gasteiger partial charge on any atom is -0.481 e. The standard InChI is InChI=1S/C25H43N3O16/c1-7(2)21(37)41-18-13(28)22(38)39-10(5-30)17(18)43-23-11(26)14(32)16(9(4-29)40-23)42-24-12(27)15(33)19(34)25(6-31,44-24)8(3)20(35)36/h8-19,22-24,29-34,38H,1,4-6,26-28H2,2-3H3,(H,35,36)/t8?,9-,10-,11-,12-,13-,14-,15-,16?,17?,18-,19+,22-,23+,24+,25+/m1/s1. The van der Waals surface area contributed by atoms with Gasteiger partial charge in [-0.1, -0.05) is 6.58 Å². The Morgan fingerprint density at radius 3 is 1.93 bits per heavy atom. The fourth-order valence-corrected chi connectivity index (χ4v) is 5.29. The van der Waals surface area contributed by atoms with Gasteiger partial charge in [-0.2, -0.15) is 0 Å². The van der Waals surface area contributed by atoms with Crippen LogP contribution in [-0.2, 0) is 38.0 Å². The zero-order valence-electron chi connectivity index (χ0n) is 24.1. The van der Waals surface area contributed by atoms with E-state index < -0.39 is 129 Å². The summed E-state index contributed by atoms with van der Waals surface area (Å²) in [5.41, 5.74) is 15.9. The molecule has 3 unspecified atom stereocenters. The molecule has 3 saturated heterocycles. The van der Waals surface area contributed by atoms with Crippen molar-refractivity contribution in [3.8, 4) is 0 Å². The van der Waals surface area contributed by atoms with E-state index in [-0.39, 0.29) is 5.57 Å². The first-order valence-corrected chi connectivity index (χ1v) is 13.8. The van der Waals surface area contributed by atoms with Crippen molar-refractivity contribution in [2.45, 2.75) is 105 Å². The summed E-state index contributed by atoms with van der Waals surface area (Å²) in [6.07, 6.45) is -17.8. The number of carboxylic acid groups (broad SMARTS) is 1. The molecule has 0 radical (unpaired) electrons. The molecule has 0 bridgehead atoms. The molecule has 19 heteroatoms. The predicted molar refractivity (Wildman–Crippen MR) is 142 cm³/mol. The second-order valence-corrected chi connectivity index (χ2v) is 11.1. The Balaban J connectivity index is 1.85. The van der Waals surface area contributed by atoms with Gasteiger partial charge in [0.2, 0.25) is 0 Å².